The topological polar surface area (TPSA) is 71.8 Å². The molecule has 26 heavy (non-hydrogen) atoms. The lowest BCUT2D eigenvalue weighted by Crippen LogP contribution is -2.32. The second kappa shape index (κ2) is 7.80. The second-order valence-corrected chi connectivity index (χ2v) is 7.29. The van der Waals surface area contributed by atoms with Gasteiger partial charge in [-0.05, 0) is 31.0 Å². The summed E-state index contributed by atoms with van der Waals surface area (Å²) in [6.07, 6.45) is 5.87. The summed E-state index contributed by atoms with van der Waals surface area (Å²) < 4.78 is 1.90. The van der Waals surface area contributed by atoms with E-state index in [1.54, 1.807) is 12.3 Å². The molecule has 0 spiro atoms. The molecule has 0 radical (unpaired) electrons. The molecule has 2 unspecified atom stereocenters. The molecular weight excluding hydrogens is 346 g/mol. The molecule has 3 heterocycles. The SMILES string of the molecule is O=C(NC(c1ccccc1)c1nccs1)c1ccn(C2CCCNC2)n1. The predicted molar refractivity (Wildman–Crippen MR) is 101 cm³/mol. The molecule has 4 rings (SSSR count). The summed E-state index contributed by atoms with van der Waals surface area (Å²) in [7, 11) is 0. The van der Waals surface area contributed by atoms with Crippen LogP contribution < -0.4 is 10.6 Å². The van der Waals surface area contributed by atoms with E-state index < -0.39 is 0 Å². The molecule has 0 bridgehead atoms. The number of hydrogen-bond acceptors (Lipinski definition) is 5. The van der Waals surface area contributed by atoms with Crippen molar-refractivity contribution in [2.45, 2.75) is 24.9 Å². The Bertz CT molecular complexity index is 840. The number of carbonyl (C=O) groups excluding carboxylic acids is 1. The molecule has 1 amide bonds. The number of rotatable bonds is 5. The quantitative estimate of drug-likeness (QED) is 0.727. The summed E-state index contributed by atoms with van der Waals surface area (Å²) in [5.74, 6) is -0.184. The van der Waals surface area contributed by atoms with E-state index in [-0.39, 0.29) is 11.9 Å². The highest BCUT2D eigenvalue weighted by atomic mass is 32.1. The van der Waals surface area contributed by atoms with E-state index in [0.29, 0.717) is 11.7 Å². The van der Waals surface area contributed by atoms with Crippen LogP contribution >= 0.6 is 11.3 Å². The number of hydrogen-bond donors (Lipinski definition) is 2. The summed E-state index contributed by atoms with van der Waals surface area (Å²) in [6.45, 7) is 1.95. The zero-order chi connectivity index (χ0) is 17.8. The van der Waals surface area contributed by atoms with Crippen molar-refractivity contribution >= 4 is 17.2 Å². The Labute approximate surface area is 156 Å². The van der Waals surface area contributed by atoms with Gasteiger partial charge in [-0.15, -0.1) is 11.3 Å². The normalized spacial score (nSPS) is 18.4. The van der Waals surface area contributed by atoms with Gasteiger partial charge in [0.05, 0.1) is 6.04 Å². The first kappa shape index (κ1) is 16.9. The minimum absolute atomic E-state index is 0.184. The second-order valence-electron chi connectivity index (χ2n) is 6.37. The number of aromatic nitrogens is 3. The van der Waals surface area contributed by atoms with Gasteiger partial charge in [-0.3, -0.25) is 9.48 Å². The summed E-state index contributed by atoms with van der Waals surface area (Å²) in [6, 6.07) is 11.7. The highest BCUT2D eigenvalue weighted by Crippen LogP contribution is 2.24. The van der Waals surface area contributed by atoms with Crippen molar-refractivity contribution in [3.63, 3.8) is 0 Å². The van der Waals surface area contributed by atoms with E-state index in [1.807, 2.05) is 46.6 Å². The van der Waals surface area contributed by atoms with Gasteiger partial charge in [-0.2, -0.15) is 5.10 Å². The van der Waals surface area contributed by atoms with E-state index >= 15 is 0 Å². The lowest BCUT2D eigenvalue weighted by atomic mass is 10.1. The Kier molecular flexibility index (Phi) is 5.08. The van der Waals surface area contributed by atoms with Crippen molar-refractivity contribution in [2.24, 2.45) is 0 Å². The summed E-state index contributed by atoms with van der Waals surface area (Å²) in [5, 5.41) is 13.8. The Hall–Kier alpha value is -2.51. The van der Waals surface area contributed by atoms with Crippen LogP contribution in [0.1, 0.15) is 46.0 Å². The molecule has 2 N–H and O–H groups in total. The van der Waals surface area contributed by atoms with E-state index in [0.717, 1.165) is 36.5 Å². The number of nitrogens with zero attached hydrogens (tertiary/aromatic N) is 3. The predicted octanol–water partition coefficient (Wildman–Crippen LogP) is 2.78. The Morgan fingerprint density at radius 1 is 1.31 bits per heavy atom. The Morgan fingerprint density at radius 2 is 2.19 bits per heavy atom. The molecule has 3 aromatic rings. The molecule has 0 aliphatic carbocycles. The highest BCUT2D eigenvalue weighted by molar-refractivity contribution is 7.09. The summed E-state index contributed by atoms with van der Waals surface area (Å²) in [4.78, 5) is 17.2. The van der Waals surface area contributed by atoms with E-state index in [9.17, 15) is 4.79 Å². The summed E-state index contributed by atoms with van der Waals surface area (Å²) in [5.41, 5.74) is 1.44. The third-order valence-electron chi connectivity index (χ3n) is 4.59. The molecule has 1 fully saturated rings. The molecule has 1 aliphatic rings. The third kappa shape index (κ3) is 3.68. The zero-order valence-electron chi connectivity index (χ0n) is 14.3. The molecule has 2 aromatic heterocycles. The van der Waals surface area contributed by atoms with Gasteiger partial charge in [-0.25, -0.2) is 4.98 Å². The van der Waals surface area contributed by atoms with Crippen molar-refractivity contribution in [1.29, 1.82) is 0 Å². The molecule has 1 aromatic carbocycles. The van der Waals surface area contributed by atoms with Gasteiger partial charge in [0.2, 0.25) is 0 Å². The van der Waals surface area contributed by atoms with E-state index in [4.69, 9.17) is 0 Å². The van der Waals surface area contributed by atoms with Crippen molar-refractivity contribution in [3.05, 3.63) is 70.4 Å². The van der Waals surface area contributed by atoms with Crippen LogP contribution in [0.3, 0.4) is 0 Å². The number of amides is 1. The van der Waals surface area contributed by atoms with E-state index in [2.05, 4.69) is 20.7 Å². The number of carbonyl (C=O) groups is 1. The molecule has 1 saturated heterocycles. The van der Waals surface area contributed by atoms with Crippen LogP contribution in [-0.4, -0.2) is 33.8 Å². The van der Waals surface area contributed by atoms with Crippen molar-refractivity contribution < 1.29 is 4.79 Å². The average molecular weight is 367 g/mol. The van der Waals surface area contributed by atoms with Gasteiger partial charge in [0, 0.05) is 24.3 Å². The largest absolute Gasteiger partial charge is 0.337 e. The van der Waals surface area contributed by atoms with Crippen LogP contribution in [0.2, 0.25) is 0 Å². The first-order valence-electron chi connectivity index (χ1n) is 8.82. The highest BCUT2D eigenvalue weighted by Gasteiger charge is 2.22. The maximum atomic E-state index is 12.8. The molecule has 134 valence electrons. The van der Waals surface area contributed by atoms with Crippen LogP contribution in [0.5, 0.6) is 0 Å². The molecule has 0 saturated carbocycles. The fraction of sp³-hybridized carbons (Fsp3) is 0.316. The monoisotopic (exact) mass is 367 g/mol. The Balaban J connectivity index is 1.53. The average Bonchev–Trinajstić information content (AvgIpc) is 3.39. The van der Waals surface area contributed by atoms with Crippen LogP contribution in [0.25, 0.3) is 0 Å². The summed E-state index contributed by atoms with van der Waals surface area (Å²) >= 11 is 1.53. The van der Waals surface area contributed by atoms with Crippen LogP contribution in [-0.2, 0) is 0 Å². The molecule has 6 nitrogen and oxygen atoms in total. The van der Waals surface area contributed by atoms with Crippen molar-refractivity contribution in [1.82, 2.24) is 25.4 Å². The fourth-order valence-electron chi connectivity index (χ4n) is 3.24. The third-order valence-corrected chi connectivity index (χ3v) is 5.43. The lowest BCUT2D eigenvalue weighted by Gasteiger charge is -2.23. The number of piperidine rings is 1. The van der Waals surface area contributed by atoms with E-state index in [1.165, 1.54) is 11.3 Å². The van der Waals surface area contributed by atoms with Crippen molar-refractivity contribution in [3.8, 4) is 0 Å². The maximum Gasteiger partial charge on any atom is 0.272 e. The maximum absolute atomic E-state index is 12.8. The standard InChI is InChI=1S/C19H21N5OS/c25-18(16-8-11-24(23-16)15-7-4-9-20-13-15)22-17(19-21-10-12-26-19)14-5-2-1-3-6-14/h1-3,5-6,8,10-12,15,17,20H,4,7,9,13H2,(H,22,25). The zero-order valence-corrected chi connectivity index (χ0v) is 15.2. The smallest absolute Gasteiger partial charge is 0.272 e. The van der Waals surface area contributed by atoms with Crippen LogP contribution in [0, 0.1) is 0 Å². The van der Waals surface area contributed by atoms with Crippen molar-refractivity contribution in [2.75, 3.05) is 13.1 Å². The minimum atomic E-state index is -0.273. The van der Waals surface area contributed by atoms with Gasteiger partial charge in [0.25, 0.3) is 5.91 Å². The molecule has 1 aliphatic heterocycles. The molecular formula is C19H21N5OS. The van der Waals surface area contributed by atoms with Gasteiger partial charge < -0.3 is 10.6 Å². The first-order chi connectivity index (χ1) is 12.8. The van der Waals surface area contributed by atoms with Gasteiger partial charge >= 0.3 is 0 Å². The van der Waals surface area contributed by atoms with Crippen LogP contribution in [0.15, 0.2) is 54.2 Å². The van der Waals surface area contributed by atoms with Crippen LogP contribution in [0.4, 0.5) is 0 Å². The molecule has 7 heteroatoms. The number of nitrogens with one attached hydrogen (secondary N) is 2. The fourth-order valence-corrected chi connectivity index (χ4v) is 3.95. The number of thiazole rings is 1. The minimum Gasteiger partial charge on any atom is -0.337 e. The number of benzene rings is 1. The lowest BCUT2D eigenvalue weighted by molar-refractivity contribution is 0.0936. The van der Waals surface area contributed by atoms with Gasteiger partial charge in [0.1, 0.15) is 16.7 Å². The van der Waals surface area contributed by atoms with Gasteiger partial charge in [-0.1, -0.05) is 30.3 Å². The first-order valence-corrected chi connectivity index (χ1v) is 9.70. The van der Waals surface area contributed by atoms with Gasteiger partial charge in [0.15, 0.2) is 0 Å². The molecule has 2 atom stereocenters. The Morgan fingerprint density at radius 3 is 2.92 bits per heavy atom.